The summed E-state index contributed by atoms with van der Waals surface area (Å²) < 4.78 is 16.5. The van der Waals surface area contributed by atoms with Gasteiger partial charge in [0.2, 0.25) is 11.8 Å². The molecule has 1 heterocycles. The van der Waals surface area contributed by atoms with Crippen molar-refractivity contribution >= 4 is 11.5 Å². The molecule has 30 heavy (non-hydrogen) atoms. The van der Waals surface area contributed by atoms with Crippen LogP contribution in [0.4, 0.5) is 0 Å². The number of aryl methyl sites for hydroxylation is 1. The highest BCUT2D eigenvalue weighted by molar-refractivity contribution is 6.16. The van der Waals surface area contributed by atoms with Gasteiger partial charge in [0.25, 0.3) is 0 Å². The number of nitrogens with zero attached hydrogens (tertiary/aromatic N) is 3. The third kappa shape index (κ3) is 4.54. The van der Waals surface area contributed by atoms with Crippen LogP contribution in [0.3, 0.4) is 0 Å². The fourth-order valence-electron chi connectivity index (χ4n) is 2.65. The van der Waals surface area contributed by atoms with Crippen molar-refractivity contribution in [3.63, 3.8) is 0 Å². The standard InChI is InChI=1S/C22H17N3O5/c1-14-6-5-8-16(17(12-28-2)22(26)27)21(14)30-20-10-19(24-13-25-20)29-18-9-4-3-7-15(18)11-23/h3-10,12-13H,1-2H3,(H,26,27)/b17-12+. The first kappa shape index (κ1) is 20.4. The minimum absolute atomic E-state index is 0.0651. The zero-order valence-corrected chi connectivity index (χ0v) is 16.2. The number of carbonyl (C=O) groups is 1. The molecule has 3 aromatic rings. The number of carboxylic acids is 1. The molecule has 1 aromatic heterocycles. The molecular weight excluding hydrogens is 386 g/mol. The van der Waals surface area contributed by atoms with Crippen LogP contribution in [0.2, 0.25) is 0 Å². The van der Waals surface area contributed by atoms with E-state index in [1.54, 1.807) is 49.4 Å². The zero-order valence-electron chi connectivity index (χ0n) is 16.2. The molecule has 0 amide bonds. The fraction of sp³-hybridized carbons (Fsp3) is 0.0909. The Morgan fingerprint density at radius 3 is 2.53 bits per heavy atom. The number of benzene rings is 2. The number of aliphatic carboxylic acids is 1. The first-order chi connectivity index (χ1) is 14.5. The average Bonchev–Trinajstić information content (AvgIpc) is 2.74. The van der Waals surface area contributed by atoms with Crippen molar-refractivity contribution in [3.05, 3.63) is 77.8 Å². The van der Waals surface area contributed by atoms with Gasteiger partial charge in [-0.25, -0.2) is 14.8 Å². The van der Waals surface area contributed by atoms with Gasteiger partial charge in [0, 0.05) is 5.56 Å². The van der Waals surface area contributed by atoms with E-state index in [4.69, 9.17) is 14.2 Å². The number of hydrogen-bond donors (Lipinski definition) is 1. The van der Waals surface area contributed by atoms with E-state index in [9.17, 15) is 15.2 Å². The lowest BCUT2D eigenvalue weighted by molar-refractivity contribution is -0.130. The molecule has 150 valence electrons. The third-order valence-electron chi connectivity index (χ3n) is 4.01. The molecule has 0 unspecified atom stereocenters. The SMILES string of the molecule is CO/C=C(/C(=O)O)c1cccc(C)c1Oc1cc(Oc2ccccc2C#N)ncn1. The van der Waals surface area contributed by atoms with Gasteiger partial charge in [-0.2, -0.15) is 5.26 Å². The van der Waals surface area contributed by atoms with Crippen molar-refractivity contribution < 1.29 is 24.1 Å². The fourth-order valence-corrected chi connectivity index (χ4v) is 2.65. The van der Waals surface area contributed by atoms with Crippen LogP contribution in [0.5, 0.6) is 23.3 Å². The molecule has 2 aromatic carbocycles. The zero-order chi connectivity index (χ0) is 21.5. The molecule has 0 spiro atoms. The molecule has 0 aliphatic heterocycles. The highest BCUT2D eigenvalue weighted by atomic mass is 16.5. The van der Waals surface area contributed by atoms with Crippen molar-refractivity contribution in [1.82, 2.24) is 9.97 Å². The van der Waals surface area contributed by atoms with Gasteiger partial charge in [0.05, 0.1) is 25.0 Å². The van der Waals surface area contributed by atoms with Crippen LogP contribution < -0.4 is 9.47 Å². The molecular formula is C22H17N3O5. The van der Waals surface area contributed by atoms with E-state index in [0.29, 0.717) is 28.2 Å². The van der Waals surface area contributed by atoms with Crippen LogP contribution in [0.15, 0.2) is 61.1 Å². The predicted octanol–water partition coefficient (Wildman–Crippen LogP) is 4.31. The van der Waals surface area contributed by atoms with E-state index >= 15 is 0 Å². The summed E-state index contributed by atoms with van der Waals surface area (Å²) in [5.41, 5.74) is 1.33. The lowest BCUT2D eigenvalue weighted by Gasteiger charge is -2.14. The highest BCUT2D eigenvalue weighted by Gasteiger charge is 2.19. The number of rotatable bonds is 7. The van der Waals surface area contributed by atoms with E-state index in [1.165, 1.54) is 19.5 Å². The van der Waals surface area contributed by atoms with Crippen molar-refractivity contribution in [2.45, 2.75) is 6.92 Å². The van der Waals surface area contributed by atoms with Gasteiger partial charge in [0.1, 0.15) is 29.5 Å². The molecule has 0 saturated heterocycles. The number of hydrogen-bond acceptors (Lipinski definition) is 7. The molecule has 0 radical (unpaired) electrons. The molecule has 0 aliphatic carbocycles. The van der Waals surface area contributed by atoms with Crippen LogP contribution >= 0.6 is 0 Å². The number of nitriles is 1. The molecule has 0 atom stereocenters. The summed E-state index contributed by atoms with van der Waals surface area (Å²) >= 11 is 0. The number of carboxylic acid groups (broad SMARTS) is 1. The minimum atomic E-state index is -1.16. The lowest BCUT2D eigenvalue weighted by Crippen LogP contribution is -2.04. The van der Waals surface area contributed by atoms with E-state index in [-0.39, 0.29) is 17.3 Å². The Hall–Kier alpha value is -4.38. The van der Waals surface area contributed by atoms with Crippen molar-refractivity contribution in [2.24, 2.45) is 0 Å². The van der Waals surface area contributed by atoms with Gasteiger partial charge in [-0.05, 0) is 24.6 Å². The second-order valence-electron chi connectivity index (χ2n) is 6.03. The Morgan fingerprint density at radius 2 is 1.83 bits per heavy atom. The molecule has 8 heteroatoms. The van der Waals surface area contributed by atoms with Crippen LogP contribution in [0, 0.1) is 18.3 Å². The quantitative estimate of drug-likeness (QED) is 0.458. The Morgan fingerprint density at radius 1 is 1.10 bits per heavy atom. The maximum atomic E-state index is 11.6. The normalized spacial score (nSPS) is 10.8. The van der Waals surface area contributed by atoms with Crippen molar-refractivity contribution in [2.75, 3.05) is 7.11 Å². The largest absolute Gasteiger partial charge is 0.503 e. The molecule has 1 N–H and O–H groups in total. The minimum Gasteiger partial charge on any atom is -0.503 e. The first-order valence-electron chi connectivity index (χ1n) is 8.76. The number of aromatic nitrogens is 2. The molecule has 8 nitrogen and oxygen atoms in total. The lowest BCUT2D eigenvalue weighted by atomic mass is 10.0. The van der Waals surface area contributed by atoms with Gasteiger partial charge in [-0.3, -0.25) is 0 Å². The second-order valence-corrected chi connectivity index (χ2v) is 6.03. The summed E-state index contributed by atoms with van der Waals surface area (Å²) in [4.78, 5) is 19.8. The van der Waals surface area contributed by atoms with Crippen molar-refractivity contribution in [1.29, 1.82) is 5.26 Å². The van der Waals surface area contributed by atoms with E-state index < -0.39 is 5.97 Å². The average molecular weight is 403 g/mol. The smallest absolute Gasteiger partial charge is 0.339 e. The summed E-state index contributed by atoms with van der Waals surface area (Å²) in [5, 5.41) is 18.7. The Bertz CT molecular complexity index is 1150. The monoisotopic (exact) mass is 403 g/mol. The molecule has 3 rings (SSSR count). The molecule has 0 fully saturated rings. The van der Waals surface area contributed by atoms with Crippen molar-refractivity contribution in [3.8, 4) is 29.3 Å². The number of methoxy groups -OCH3 is 1. The Balaban J connectivity index is 1.95. The highest BCUT2D eigenvalue weighted by Crippen LogP contribution is 2.34. The summed E-state index contributed by atoms with van der Waals surface area (Å²) in [7, 11) is 1.37. The molecule has 0 saturated carbocycles. The Labute approximate surface area is 172 Å². The second kappa shape index (κ2) is 9.21. The Kier molecular flexibility index (Phi) is 6.25. The summed E-state index contributed by atoms with van der Waals surface area (Å²) in [6.45, 7) is 1.78. The van der Waals surface area contributed by atoms with Crippen LogP contribution in [0.25, 0.3) is 5.57 Å². The molecule has 0 aliphatic rings. The first-order valence-corrected chi connectivity index (χ1v) is 8.76. The van der Waals surface area contributed by atoms with Gasteiger partial charge in [-0.1, -0.05) is 30.3 Å². The number of para-hydroxylation sites is 2. The maximum Gasteiger partial charge on any atom is 0.339 e. The summed E-state index contributed by atoms with van der Waals surface area (Å²) in [5.74, 6) is -0.189. The van der Waals surface area contributed by atoms with Crippen LogP contribution in [-0.2, 0) is 9.53 Å². The van der Waals surface area contributed by atoms with Gasteiger partial charge in [-0.15, -0.1) is 0 Å². The summed E-state index contributed by atoms with van der Waals surface area (Å²) in [6, 6.07) is 15.4. The van der Waals surface area contributed by atoms with E-state index in [1.807, 2.05) is 6.07 Å². The molecule has 0 bridgehead atoms. The number of ether oxygens (including phenoxy) is 3. The topological polar surface area (TPSA) is 115 Å². The third-order valence-corrected chi connectivity index (χ3v) is 4.01. The summed E-state index contributed by atoms with van der Waals surface area (Å²) in [6.07, 6.45) is 2.39. The van der Waals surface area contributed by atoms with Gasteiger partial charge in [0.15, 0.2) is 0 Å². The van der Waals surface area contributed by atoms with E-state index in [0.717, 1.165) is 6.26 Å². The predicted molar refractivity (Wildman–Crippen MR) is 107 cm³/mol. The maximum absolute atomic E-state index is 11.6. The van der Waals surface area contributed by atoms with Crippen LogP contribution in [0.1, 0.15) is 16.7 Å². The van der Waals surface area contributed by atoms with E-state index in [2.05, 4.69) is 9.97 Å². The van der Waals surface area contributed by atoms with Gasteiger partial charge >= 0.3 is 5.97 Å². The van der Waals surface area contributed by atoms with Gasteiger partial charge < -0.3 is 19.3 Å². The van der Waals surface area contributed by atoms with Crippen LogP contribution in [-0.4, -0.2) is 28.2 Å².